The van der Waals surface area contributed by atoms with Gasteiger partial charge in [0.25, 0.3) is 0 Å². The van der Waals surface area contributed by atoms with Crippen LogP contribution in [0.2, 0.25) is 5.02 Å². The fraction of sp³-hybridized carbons (Fsp3) is 0.545. The minimum Gasteiger partial charge on any atom is -0.490 e. The van der Waals surface area contributed by atoms with Crippen molar-refractivity contribution in [1.82, 2.24) is 0 Å². The molecule has 2 N–H and O–H groups in total. The second-order valence-electron chi connectivity index (χ2n) is 8.12. The number of hydrogen-bond acceptors (Lipinski definition) is 4. The molecule has 0 amide bonds. The summed E-state index contributed by atoms with van der Waals surface area (Å²) in [5.41, 5.74) is 2.41. The van der Waals surface area contributed by atoms with Crippen molar-refractivity contribution in [1.29, 1.82) is 0 Å². The highest BCUT2D eigenvalue weighted by molar-refractivity contribution is 6.36. The van der Waals surface area contributed by atoms with Gasteiger partial charge in [0, 0.05) is 21.9 Å². The zero-order valence-corrected chi connectivity index (χ0v) is 16.8. The molecule has 1 fully saturated rings. The molecule has 1 saturated carbocycles. The van der Waals surface area contributed by atoms with Crippen molar-refractivity contribution in [3.8, 4) is 11.5 Å². The van der Waals surface area contributed by atoms with Gasteiger partial charge in [-0.2, -0.15) is 0 Å². The quantitative estimate of drug-likeness (QED) is 0.755. The highest BCUT2D eigenvalue weighted by atomic mass is 35.5. The molecule has 2 aromatic rings. The molecule has 0 aliphatic heterocycles. The lowest BCUT2D eigenvalue weighted by molar-refractivity contribution is 0.120. The van der Waals surface area contributed by atoms with Crippen molar-refractivity contribution in [3.63, 3.8) is 0 Å². The van der Waals surface area contributed by atoms with Crippen LogP contribution in [0.4, 0.5) is 0 Å². The summed E-state index contributed by atoms with van der Waals surface area (Å²) in [5.74, 6) is 3.02. The Morgan fingerprint density at radius 1 is 1.00 bits per heavy atom. The number of aliphatic hydroxyl groups is 2. The van der Waals surface area contributed by atoms with Crippen LogP contribution in [-0.2, 0) is 0 Å². The van der Waals surface area contributed by atoms with Gasteiger partial charge in [0.2, 0.25) is 0 Å². The Hall–Kier alpha value is -1.49. The summed E-state index contributed by atoms with van der Waals surface area (Å²) >= 11 is 6.60. The first kappa shape index (κ1) is 18.9. The lowest BCUT2D eigenvalue weighted by Gasteiger charge is -2.26. The summed E-state index contributed by atoms with van der Waals surface area (Å²) in [4.78, 5) is 0. The van der Waals surface area contributed by atoms with E-state index in [-0.39, 0.29) is 13.2 Å². The molecule has 4 nitrogen and oxygen atoms in total. The Kier molecular flexibility index (Phi) is 5.00. The summed E-state index contributed by atoms with van der Waals surface area (Å²) in [6.07, 6.45) is 1.18. The summed E-state index contributed by atoms with van der Waals surface area (Å²) in [7, 11) is 0. The van der Waals surface area contributed by atoms with Gasteiger partial charge >= 0.3 is 0 Å². The fourth-order valence-electron chi connectivity index (χ4n) is 4.90. The molecule has 2 bridgehead atoms. The molecule has 5 heteroatoms. The van der Waals surface area contributed by atoms with Gasteiger partial charge in [-0.15, -0.1) is 0 Å². The van der Waals surface area contributed by atoms with E-state index < -0.39 is 12.2 Å². The third kappa shape index (κ3) is 3.08. The first-order valence-corrected chi connectivity index (χ1v) is 10.2. The monoisotopic (exact) mass is 390 g/mol. The number of hydrogen-bond donors (Lipinski definition) is 2. The molecule has 4 rings (SSSR count). The predicted octanol–water partition coefficient (Wildman–Crippen LogP) is 4.62. The van der Waals surface area contributed by atoms with Gasteiger partial charge < -0.3 is 19.7 Å². The van der Waals surface area contributed by atoms with Crippen LogP contribution in [0.25, 0.3) is 10.8 Å². The molecule has 2 aromatic carbocycles. The van der Waals surface area contributed by atoms with Crippen LogP contribution in [-0.4, -0.2) is 35.6 Å². The predicted molar refractivity (Wildman–Crippen MR) is 107 cm³/mol. The van der Waals surface area contributed by atoms with Gasteiger partial charge in [-0.1, -0.05) is 30.7 Å². The normalized spacial score (nSPS) is 25.5. The first-order chi connectivity index (χ1) is 12.9. The molecule has 5 unspecified atom stereocenters. The lowest BCUT2D eigenvalue weighted by Crippen LogP contribution is -2.17. The maximum atomic E-state index is 9.78. The van der Waals surface area contributed by atoms with Gasteiger partial charge in [0.1, 0.15) is 24.7 Å². The molecule has 0 saturated heterocycles. The van der Waals surface area contributed by atoms with Crippen LogP contribution in [0, 0.1) is 5.92 Å². The van der Waals surface area contributed by atoms with E-state index in [9.17, 15) is 10.2 Å². The third-order valence-corrected chi connectivity index (χ3v) is 6.32. The minimum atomic E-state index is -0.555. The van der Waals surface area contributed by atoms with E-state index in [1.165, 1.54) is 11.1 Å². The van der Waals surface area contributed by atoms with Crippen molar-refractivity contribution >= 4 is 22.4 Å². The fourth-order valence-corrected chi connectivity index (χ4v) is 5.16. The van der Waals surface area contributed by atoms with E-state index >= 15 is 0 Å². The molecule has 146 valence electrons. The van der Waals surface area contributed by atoms with E-state index in [4.69, 9.17) is 21.1 Å². The summed E-state index contributed by atoms with van der Waals surface area (Å²) in [5, 5.41) is 21.9. The Morgan fingerprint density at radius 2 is 1.56 bits per heavy atom. The van der Waals surface area contributed by atoms with Gasteiger partial charge in [-0.05, 0) is 50.5 Å². The number of ether oxygens (including phenoxy) is 2. The number of rotatable bonds is 6. The SMILES string of the molecule is CC(O)COc1c2c(c(OCC(C)O)c3c(Cl)cccc13)C1CCC2C1C. The van der Waals surface area contributed by atoms with Crippen LogP contribution in [0.1, 0.15) is 56.6 Å². The summed E-state index contributed by atoms with van der Waals surface area (Å²) in [6.45, 7) is 6.22. The molecule has 0 heterocycles. The van der Waals surface area contributed by atoms with E-state index in [2.05, 4.69) is 6.92 Å². The molecular weight excluding hydrogens is 364 g/mol. The molecule has 5 atom stereocenters. The van der Waals surface area contributed by atoms with E-state index in [0.29, 0.717) is 22.8 Å². The van der Waals surface area contributed by atoms with Crippen LogP contribution >= 0.6 is 11.6 Å². The van der Waals surface area contributed by atoms with Gasteiger partial charge in [-0.3, -0.25) is 0 Å². The van der Waals surface area contributed by atoms with Gasteiger partial charge in [0.15, 0.2) is 0 Å². The van der Waals surface area contributed by atoms with E-state index in [1.807, 2.05) is 18.2 Å². The second kappa shape index (κ2) is 7.16. The Balaban J connectivity index is 1.98. The molecule has 2 aliphatic rings. The van der Waals surface area contributed by atoms with Gasteiger partial charge in [-0.25, -0.2) is 0 Å². The van der Waals surface area contributed by atoms with Crippen LogP contribution < -0.4 is 9.47 Å². The molecule has 0 spiro atoms. The first-order valence-electron chi connectivity index (χ1n) is 9.79. The highest BCUT2D eigenvalue weighted by Gasteiger charge is 2.48. The molecule has 27 heavy (non-hydrogen) atoms. The van der Waals surface area contributed by atoms with Crippen LogP contribution in [0.5, 0.6) is 11.5 Å². The van der Waals surface area contributed by atoms with E-state index in [0.717, 1.165) is 35.1 Å². The van der Waals surface area contributed by atoms with Crippen molar-refractivity contribution in [2.24, 2.45) is 5.92 Å². The minimum absolute atomic E-state index is 0.229. The standard InChI is InChI=1S/C22H27ClO4/c1-11(24)9-26-21-16-5-4-6-17(23)18(16)22(27-10-12(2)25)20-15-8-7-14(13(15)3)19(20)21/h4-6,11-15,24-25H,7-10H2,1-3H3. The van der Waals surface area contributed by atoms with Gasteiger partial charge in [0.05, 0.1) is 17.2 Å². The maximum absolute atomic E-state index is 9.78. The van der Waals surface area contributed by atoms with E-state index in [1.54, 1.807) is 13.8 Å². The zero-order valence-electron chi connectivity index (χ0n) is 16.0. The largest absolute Gasteiger partial charge is 0.490 e. The topological polar surface area (TPSA) is 58.9 Å². The van der Waals surface area contributed by atoms with Crippen molar-refractivity contribution in [2.75, 3.05) is 13.2 Å². The summed E-state index contributed by atoms with van der Waals surface area (Å²) < 4.78 is 12.3. The van der Waals surface area contributed by atoms with Crippen molar-refractivity contribution < 1.29 is 19.7 Å². The summed E-state index contributed by atoms with van der Waals surface area (Å²) in [6, 6.07) is 5.78. The second-order valence-corrected chi connectivity index (χ2v) is 8.52. The number of fused-ring (bicyclic) bond motifs is 6. The molecular formula is C22H27ClO4. The smallest absolute Gasteiger partial charge is 0.132 e. The molecule has 0 radical (unpaired) electrons. The number of halogens is 1. The Bertz CT molecular complexity index is 861. The Morgan fingerprint density at radius 3 is 2.15 bits per heavy atom. The third-order valence-electron chi connectivity index (χ3n) is 6.00. The molecule has 2 aliphatic carbocycles. The maximum Gasteiger partial charge on any atom is 0.132 e. The number of benzene rings is 2. The Labute approximate surface area is 165 Å². The highest BCUT2D eigenvalue weighted by Crippen LogP contribution is 2.64. The van der Waals surface area contributed by atoms with Crippen LogP contribution in [0.15, 0.2) is 18.2 Å². The zero-order chi connectivity index (χ0) is 19.3. The van der Waals surface area contributed by atoms with Crippen molar-refractivity contribution in [2.45, 2.75) is 57.7 Å². The average molecular weight is 391 g/mol. The average Bonchev–Trinajstić information content (AvgIpc) is 3.11. The van der Waals surface area contributed by atoms with Crippen LogP contribution in [0.3, 0.4) is 0 Å². The lowest BCUT2D eigenvalue weighted by atomic mass is 9.87. The van der Waals surface area contributed by atoms with Crippen molar-refractivity contribution in [3.05, 3.63) is 34.3 Å². The molecule has 0 aromatic heterocycles. The number of aliphatic hydroxyl groups excluding tert-OH is 2.